The molecule has 0 spiro atoms. The lowest BCUT2D eigenvalue weighted by atomic mass is 10.0. The van der Waals surface area contributed by atoms with Gasteiger partial charge >= 0.3 is 5.97 Å². The van der Waals surface area contributed by atoms with Crippen molar-refractivity contribution in [1.29, 1.82) is 0 Å². The first-order valence-electron chi connectivity index (χ1n) is 8.81. The number of benzene rings is 2. The van der Waals surface area contributed by atoms with Gasteiger partial charge in [0.1, 0.15) is 6.04 Å². The van der Waals surface area contributed by atoms with E-state index in [4.69, 9.17) is 16.6 Å². The van der Waals surface area contributed by atoms with Crippen LogP contribution in [0.1, 0.15) is 16.8 Å². The fourth-order valence-electron chi connectivity index (χ4n) is 2.80. The summed E-state index contributed by atoms with van der Waals surface area (Å²) < 4.78 is 0. The summed E-state index contributed by atoms with van der Waals surface area (Å²) in [5, 5.41) is 14.0. The number of hydrogen-bond acceptors (Lipinski definition) is 5. The van der Waals surface area contributed by atoms with Crippen LogP contribution in [0.2, 0.25) is 0 Å². The van der Waals surface area contributed by atoms with Gasteiger partial charge in [-0.1, -0.05) is 42.5 Å². The van der Waals surface area contributed by atoms with E-state index >= 15 is 0 Å². The molecule has 1 fully saturated rings. The second-order valence-electron chi connectivity index (χ2n) is 6.31. The van der Waals surface area contributed by atoms with Gasteiger partial charge in [-0.2, -0.15) is 0 Å². The minimum atomic E-state index is -0.885. The summed E-state index contributed by atoms with van der Waals surface area (Å²) in [5.74, 6) is -1.53. The van der Waals surface area contributed by atoms with E-state index < -0.39 is 17.9 Å². The van der Waals surface area contributed by atoms with Crippen molar-refractivity contribution in [1.82, 2.24) is 10.6 Å². The highest BCUT2D eigenvalue weighted by Crippen LogP contribution is 2.19. The third kappa shape index (κ3) is 6.19. The van der Waals surface area contributed by atoms with Crippen molar-refractivity contribution in [2.24, 2.45) is 11.5 Å². The van der Waals surface area contributed by atoms with Crippen LogP contribution in [-0.4, -0.2) is 48.1 Å². The molecule has 0 aromatic heterocycles. The van der Waals surface area contributed by atoms with E-state index in [2.05, 4.69) is 10.6 Å². The zero-order valence-electron chi connectivity index (χ0n) is 15.3. The summed E-state index contributed by atoms with van der Waals surface area (Å²) in [4.78, 5) is 32.3. The number of aliphatic carboxylic acids is 1. The smallest absolute Gasteiger partial charge is 0.320 e. The highest BCUT2D eigenvalue weighted by atomic mass is 16.4. The second kappa shape index (κ2) is 10.2. The van der Waals surface area contributed by atoms with Crippen LogP contribution < -0.4 is 22.1 Å². The molecule has 8 nitrogen and oxygen atoms in total. The van der Waals surface area contributed by atoms with E-state index in [1.807, 2.05) is 42.5 Å². The Labute approximate surface area is 162 Å². The average Bonchev–Trinajstić information content (AvgIpc) is 3.18. The molecule has 1 aliphatic heterocycles. The Kier molecular flexibility index (Phi) is 7.67. The summed E-state index contributed by atoms with van der Waals surface area (Å²) in [5.41, 5.74) is 12.9. The quantitative estimate of drug-likeness (QED) is 0.502. The number of nitrogens with one attached hydrogen (secondary N) is 2. The van der Waals surface area contributed by atoms with Gasteiger partial charge in [0, 0.05) is 18.2 Å². The Morgan fingerprint density at radius 3 is 2.32 bits per heavy atom. The lowest BCUT2D eigenvalue weighted by molar-refractivity contribution is -0.139. The molecule has 2 aromatic carbocycles. The number of hydrogen-bond donors (Lipinski definition) is 5. The molecule has 0 unspecified atom stereocenters. The molecule has 1 heterocycles. The van der Waals surface area contributed by atoms with Crippen LogP contribution in [-0.2, 0) is 9.59 Å². The van der Waals surface area contributed by atoms with E-state index in [-0.39, 0.29) is 18.5 Å². The molecular formula is C20H24N4O4. The van der Waals surface area contributed by atoms with E-state index in [0.29, 0.717) is 18.5 Å². The minimum absolute atomic E-state index is 0.0613. The molecule has 28 heavy (non-hydrogen) atoms. The van der Waals surface area contributed by atoms with Crippen molar-refractivity contribution < 1.29 is 19.5 Å². The van der Waals surface area contributed by atoms with Crippen molar-refractivity contribution in [3.8, 4) is 11.1 Å². The Bertz CT molecular complexity index is 826. The van der Waals surface area contributed by atoms with Crippen LogP contribution >= 0.6 is 0 Å². The molecule has 3 rings (SSSR count). The lowest BCUT2D eigenvalue weighted by Crippen LogP contribution is -2.39. The number of carbonyl (C=O) groups excluding carboxylic acids is 2. The van der Waals surface area contributed by atoms with Crippen molar-refractivity contribution in [3.05, 3.63) is 60.2 Å². The molecule has 1 aliphatic rings. The maximum Gasteiger partial charge on any atom is 0.320 e. The maximum absolute atomic E-state index is 11.0. The molecule has 0 bridgehead atoms. The SMILES string of the molecule is NC(=O)c1cccc(-c2ccccc2)c1.NCC(=O)N[C@@H]1CN[C@@H](C(=O)O)C1. The minimum Gasteiger partial charge on any atom is -0.480 e. The van der Waals surface area contributed by atoms with Gasteiger partial charge in [-0.05, 0) is 29.7 Å². The van der Waals surface area contributed by atoms with E-state index in [9.17, 15) is 14.4 Å². The van der Waals surface area contributed by atoms with Crippen LogP contribution in [0.3, 0.4) is 0 Å². The zero-order valence-corrected chi connectivity index (χ0v) is 15.3. The Morgan fingerprint density at radius 2 is 1.75 bits per heavy atom. The van der Waals surface area contributed by atoms with E-state index in [1.165, 1.54) is 0 Å². The summed E-state index contributed by atoms with van der Waals surface area (Å²) in [7, 11) is 0. The van der Waals surface area contributed by atoms with Gasteiger partial charge in [-0.25, -0.2) is 0 Å². The number of primary amides is 1. The molecule has 2 aromatic rings. The van der Waals surface area contributed by atoms with Gasteiger partial charge in [0.05, 0.1) is 6.54 Å². The standard InChI is InChI=1S/C13H11NO.C7H13N3O3/c14-13(15)12-8-4-7-11(9-12)10-5-2-1-3-6-10;8-2-6(11)10-4-1-5(7(12)13)9-3-4/h1-9H,(H2,14,15);4-5,9H,1-3,8H2,(H,10,11)(H,12,13)/t;4-,5+/m.0/s1. The number of carboxylic acids is 1. The molecule has 0 aliphatic carbocycles. The Balaban J connectivity index is 0.000000203. The molecule has 148 valence electrons. The van der Waals surface area contributed by atoms with E-state index in [0.717, 1.165) is 11.1 Å². The molecule has 1 saturated heterocycles. The highest BCUT2D eigenvalue weighted by Gasteiger charge is 2.29. The fourth-order valence-corrected chi connectivity index (χ4v) is 2.80. The molecular weight excluding hydrogens is 360 g/mol. The summed E-state index contributed by atoms with van der Waals surface area (Å²) in [6.07, 6.45) is 0.418. The van der Waals surface area contributed by atoms with Crippen LogP contribution in [0, 0.1) is 0 Å². The molecule has 7 N–H and O–H groups in total. The number of amides is 2. The Hall–Kier alpha value is -3.23. The second-order valence-corrected chi connectivity index (χ2v) is 6.31. The van der Waals surface area contributed by atoms with Gasteiger partial charge < -0.3 is 27.2 Å². The number of rotatable bonds is 5. The summed E-state index contributed by atoms with van der Waals surface area (Å²) >= 11 is 0. The largest absolute Gasteiger partial charge is 0.480 e. The molecule has 2 amide bonds. The van der Waals surface area contributed by atoms with Crippen molar-refractivity contribution in [3.63, 3.8) is 0 Å². The molecule has 0 saturated carbocycles. The van der Waals surface area contributed by atoms with Crippen LogP contribution in [0.4, 0.5) is 0 Å². The lowest BCUT2D eigenvalue weighted by Gasteiger charge is -2.09. The van der Waals surface area contributed by atoms with E-state index in [1.54, 1.807) is 12.1 Å². The number of nitrogens with two attached hydrogens (primary N) is 2. The first-order chi connectivity index (χ1) is 13.4. The predicted octanol–water partition coefficient (Wildman–Crippen LogP) is 0.329. The van der Waals surface area contributed by atoms with Gasteiger partial charge in [0.25, 0.3) is 0 Å². The summed E-state index contributed by atoms with van der Waals surface area (Å²) in [6.45, 7) is 0.428. The highest BCUT2D eigenvalue weighted by molar-refractivity contribution is 5.94. The zero-order chi connectivity index (χ0) is 20.5. The number of carboxylic acid groups (broad SMARTS) is 1. The Morgan fingerprint density at radius 1 is 1.07 bits per heavy atom. The monoisotopic (exact) mass is 384 g/mol. The van der Waals surface area contributed by atoms with Crippen molar-refractivity contribution >= 4 is 17.8 Å². The first kappa shape index (κ1) is 21.1. The third-order valence-electron chi connectivity index (χ3n) is 4.23. The fraction of sp³-hybridized carbons (Fsp3) is 0.250. The van der Waals surface area contributed by atoms with Gasteiger partial charge in [0.2, 0.25) is 11.8 Å². The predicted molar refractivity (Wildman–Crippen MR) is 105 cm³/mol. The molecule has 2 atom stereocenters. The van der Waals surface area contributed by atoms with Gasteiger partial charge in [-0.15, -0.1) is 0 Å². The first-order valence-corrected chi connectivity index (χ1v) is 8.81. The third-order valence-corrected chi connectivity index (χ3v) is 4.23. The molecule has 8 heteroatoms. The normalized spacial score (nSPS) is 17.9. The van der Waals surface area contributed by atoms with Crippen LogP contribution in [0.5, 0.6) is 0 Å². The summed E-state index contributed by atoms with van der Waals surface area (Å²) in [6, 6.07) is 16.5. The van der Waals surface area contributed by atoms with Crippen LogP contribution in [0.15, 0.2) is 54.6 Å². The van der Waals surface area contributed by atoms with Crippen molar-refractivity contribution in [2.45, 2.75) is 18.5 Å². The topological polar surface area (TPSA) is 148 Å². The van der Waals surface area contributed by atoms with Crippen LogP contribution in [0.25, 0.3) is 11.1 Å². The maximum atomic E-state index is 11.0. The average molecular weight is 384 g/mol. The molecule has 0 radical (unpaired) electrons. The van der Waals surface area contributed by atoms with Gasteiger partial charge in [-0.3, -0.25) is 14.4 Å². The van der Waals surface area contributed by atoms with Crippen molar-refractivity contribution in [2.75, 3.05) is 13.1 Å². The number of carbonyl (C=O) groups is 3. The van der Waals surface area contributed by atoms with Gasteiger partial charge in [0.15, 0.2) is 0 Å².